The molecule has 50 heavy (non-hydrogen) atoms. The minimum Gasteiger partial charge on any atom is -0.464 e. The van der Waals surface area contributed by atoms with Crippen LogP contribution < -0.4 is 10.6 Å². The molecule has 3 N–H and O–H groups in total. The van der Waals surface area contributed by atoms with E-state index in [0.29, 0.717) is 35.1 Å². The maximum atomic E-state index is 14.2. The Labute approximate surface area is 291 Å². The highest BCUT2D eigenvalue weighted by molar-refractivity contribution is 7.89. The lowest BCUT2D eigenvalue weighted by Crippen LogP contribution is -2.51. The van der Waals surface area contributed by atoms with Crippen LogP contribution in [0.2, 0.25) is 0 Å². The van der Waals surface area contributed by atoms with Crippen molar-refractivity contribution < 1.29 is 41.7 Å². The minimum atomic E-state index is -4.15. The molecule has 0 aliphatic carbocycles. The number of hydrogen-bond acceptors (Lipinski definition) is 10. The topological polar surface area (TPSA) is 170 Å². The van der Waals surface area contributed by atoms with E-state index in [-0.39, 0.29) is 55.3 Å². The van der Waals surface area contributed by atoms with Crippen molar-refractivity contribution in [2.24, 2.45) is 11.8 Å². The Balaban J connectivity index is 1.20. The summed E-state index contributed by atoms with van der Waals surface area (Å²) in [7, 11) is -4.15. The first-order chi connectivity index (χ1) is 24.1. The van der Waals surface area contributed by atoms with Crippen molar-refractivity contribution in [2.45, 2.75) is 62.7 Å². The van der Waals surface area contributed by atoms with Crippen molar-refractivity contribution in [3.8, 4) is 0 Å². The van der Waals surface area contributed by atoms with Crippen LogP contribution >= 0.6 is 0 Å². The number of aliphatic hydroxyl groups excluding tert-OH is 1. The predicted molar refractivity (Wildman–Crippen MR) is 182 cm³/mol. The van der Waals surface area contributed by atoms with Gasteiger partial charge in [0.05, 0.1) is 48.0 Å². The summed E-state index contributed by atoms with van der Waals surface area (Å²) < 4.78 is 52.2. The summed E-state index contributed by atoms with van der Waals surface area (Å²) in [4.78, 5) is 29.8. The number of alkyl carbamates (subject to hydrolysis) is 1. The lowest BCUT2D eigenvalue weighted by molar-refractivity contribution is -0.0907. The van der Waals surface area contributed by atoms with Crippen molar-refractivity contribution in [1.29, 1.82) is 0 Å². The molecule has 4 aromatic rings. The molecule has 2 aliphatic heterocycles. The third-order valence-electron chi connectivity index (χ3n) is 8.90. The Morgan fingerprint density at radius 3 is 2.66 bits per heavy atom. The molecule has 266 valence electrons. The first-order valence-electron chi connectivity index (χ1n) is 16.7. The second-order valence-electron chi connectivity index (χ2n) is 13.0. The quantitative estimate of drug-likeness (QED) is 0.175. The van der Waals surface area contributed by atoms with E-state index < -0.39 is 40.7 Å². The molecular weight excluding hydrogens is 664 g/mol. The van der Waals surface area contributed by atoms with Crippen molar-refractivity contribution in [3.05, 3.63) is 96.0 Å². The SMILES string of the molecule is CC(C)CN(C[C@@H](O)[C@H](Cc1ccccc1)NC(=O)O[C@H]1CO[C@H]2OCC[C@H]21)S(=O)(=O)c1ccc2occ(CNC(=O)c3cccnc3)c2c1. The number of carbonyl (C=O) groups excluding carboxylic acids is 2. The predicted octanol–water partition coefficient (Wildman–Crippen LogP) is 3.86. The highest BCUT2D eigenvalue weighted by Gasteiger charge is 2.44. The van der Waals surface area contributed by atoms with Gasteiger partial charge in [-0.05, 0) is 54.7 Å². The van der Waals surface area contributed by atoms with Gasteiger partial charge in [0, 0.05) is 43.0 Å². The van der Waals surface area contributed by atoms with E-state index >= 15 is 0 Å². The zero-order chi connectivity index (χ0) is 35.3. The van der Waals surface area contributed by atoms with Crippen molar-refractivity contribution in [1.82, 2.24) is 19.9 Å². The molecule has 2 amide bonds. The smallest absolute Gasteiger partial charge is 0.407 e. The number of ether oxygens (including phenoxy) is 3. The van der Waals surface area contributed by atoms with Crippen molar-refractivity contribution in [3.63, 3.8) is 0 Å². The molecule has 14 heteroatoms. The molecule has 2 fully saturated rings. The Hall–Kier alpha value is -4.34. The van der Waals surface area contributed by atoms with Gasteiger partial charge in [0.1, 0.15) is 11.7 Å². The summed E-state index contributed by atoms with van der Waals surface area (Å²) in [5.41, 5.74) is 2.29. The van der Waals surface area contributed by atoms with Gasteiger partial charge in [-0.3, -0.25) is 9.78 Å². The molecule has 2 aromatic heterocycles. The Morgan fingerprint density at radius 2 is 1.90 bits per heavy atom. The third-order valence-corrected chi connectivity index (χ3v) is 10.7. The van der Waals surface area contributed by atoms with Gasteiger partial charge in [0.15, 0.2) is 6.29 Å². The fourth-order valence-corrected chi connectivity index (χ4v) is 7.97. The summed E-state index contributed by atoms with van der Waals surface area (Å²) in [6.45, 7) is 4.44. The first-order valence-corrected chi connectivity index (χ1v) is 18.1. The zero-order valence-electron chi connectivity index (χ0n) is 27.9. The van der Waals surface area contributed by atoms with E-state index in [1.807, 2.05) is 44.2 Å². The van der Waals surface area contributed by atoms with Crippen LogP contribution in [0.1, 0.15) is 41.8 Å². The molecular formula is C36H42N4O9S. The van der Waals surface area contributed by atoms with E-state index in [2.05, 4.69) is 15.6 Å². The molecule has 0 spiro atoms. The van der Waals surface area contributed by atoms with Crippen LogP contribution in [0, 0.1) is 11.8 Å². The number of pyridine rings is 1. The van der Waals surface area contributed by atoms with E-state index in [0.717, 1.165) is 5.56 Å². The molecule has 6 rings (SSSR count). The lowest BCUT2D eigenvalue weighted by atomic mass is 10.0. The molecule has 2 aliphatic rings. The summed E-state index contributed by atoms with van der Waals surface area (Å²) in [6.07, 6.45) is 2.57. The van der Waals surface area contributed by atoms with E-state index in [1.54, 1.807) is 24.4 Å². The Kier molecular flexibility index (Phi) is 11.1. The maximum Gasteiger partial charge on any atom is 0.407 e. The number of aliphatic hydroxyl groups is 1. The molecule has 5 atom stereocenters. The normalized spacial score (nSPS) is 20.1. The number of nitrogens with one attached hydrogen (secondary N) is 2. The third kappa shape index (κ3) is 8.33. The number of carbonyl (C=O) groups is 2. The molecule has 4 heterocycles. The number of rotatable bonds is 14. The molecule has 0 bridgehead atoms. The van der Waals surface area contributed by atoms with Gasteiger partial charge in [-0.25, -0.2) is 13.2 Å². The zero-order valence-corrected chi connectivity index (χ0v) is 28.8. The number of furan rings is 1. The van der Waals surface area contributed by atoms with Crippen LogP contribution in [0.3, 0.4) is 0 Å². The lowest BCUT2D eigenvalue weighted by Gasteiger charge is -2.31. The standard InChI is InChI=1S/C36H42N4O9S/c1-23(2)19-40(50(44,45)27-10-11-32-29(16-27)26(21-47-32)18-38-34(42)25-9-6-13-37-17-25)20-31(41)30(15-24-7-4-3-5-8-24)39-36(43)49-33-22-48-35-28(33)12-14-46-35/h3-11,13,16-17,21,23,28,30-31,33,35,41H,12,14-15,18-20,22H2,1-2H3,(H,38,42)(H,39,43)/t28-,30-,31+,33-,35+/m0/s1. The van der Waals surface area contributed by atoms with E-state index in [9.17, 15) is 23.1 Å². The monoisotopic (exact) mass is 706 g/mol. The van der Waals surface area contributed by atoms with Crippen LogP contribution in [-0.4, -0.2) is 85.7 Å². The number of aromatic nitrogens is 1. The molecule has 2 saturated heterocycles. The van der Waals surface area contributed by atoms with Crippen LogP contribution in [0.15, 0.2) is 88.6 Å². The van der Waals surface area contributed by atoms with Gasteiger partial charge < -0.3 is 34.4 Å². The highest BCUT2D eigenvalue weighted by Crippen LogP contribution is 2.33. The number of fused-ring (bicyclic) bond motifs is 2. The average Bonchev–Trinajstić information content (AvgIpc) is 3.84. The van der Waals surface area contributed by atoms with Gasteiger partial charge in [-0.1, -0.05) is 44.2 Å². The van der Waals surface area contributed by atoms with Gasteiger partial charge in [-0.2, -0.15) is 4.31 Å². The van der Waals surface area contributed by atoms with E-state index in [1.165, 1.54) is 28.9 Å². The summed E-state index contributed by atoms with van der Waals surface area (Å²) in [5, 5.41) is 17.8. The Bertz CT molecular complexity index is 1870. The van der Waals surface area contributed by atoms with Gasteiger partial charge in [0.2, 0.25) is 10.0 Å². The molecule has 13 nitrogen and oxygen atoms in total. The maximum absolute atomic E-state index is 14.2. The summed E-state index contributed by atoms with van der Waals surface area (Å²) in [5.74, 6) is -0.470. The van der Waals surface area contributed by atoms with Crippen LogP contribution in [0.4, 0.5) is 4.79 Å². The summed E-state index contributed by atoms with van der Waals surface area (Å²) >= 11 is 0. The van der Waals surface area contributed by atoms with Gasteiger partial charge >= 0.3 is 6.09 Å². The van der Waals surface area contributed by atoms with Gasteiger partial charge in [-0.15, -0.1) is 0 Å². The van der Waals surface area contributed by atoms with Gasteiger partial charge in [0.25, 0.3) is 5.91 Å². The fourth-order valence-electron chi connectivity index (χ4n) is 6.32. The largest absolute Gasteiger partial charge is 0.464 e. The first kappa shape index (κ1) is 35.5. The number of hydrogen-bond donors (Lipinski definition) is 3. The highest BCUT2D eigenvalue weighted by atomic mass is 32.2. The van der Waals surface area contributed by atoms with Crippen LogP contribution in [0.5, 0.6) is 0 Å². The molecule has 0 radical (unpaired) electrons. The number of benzene rings is 2. The van der Waals surface area contributed by atoms with Crippen LogP contribution in [0.25, 0.3) is 11.0 Å². The molecule has 2 aromatic carbocycles. The number of nitrogens with zero attached hydrogens (tertiary/aromatic N) is 2. The summed E-state index contributed by atoms with van der Waals surface area (Å²) in [6, 6.07) is 16.3. The van der Waals surface area contributed by atoms with Crippen LogP contribution in [-0.2, 0) is 37.2 Å². The molecule has 0 unspecified atom stereocenters. The second kappa shape index (κ2) is 15.7. The minimum absolute atomic E-state index is 0.000587. The van der Waals surface area contributed by atoms with Crippen molar-refractivity contribution >= 4 is 33.0 Å². The van der Waals surface area contributed by atoms with E-state index in [4.69, 9.17) is 18.6 Å². The fraction of sp³-hybridized carbons (Fsp3) is 0.417. The average molecular weight is 707 g/mol. The Morgan fingerprint density at radius 1 is 1.08 bits per heavy atom. The number of amides is 2. The second-order valence-corrected chi connectivity index (χ2v) is 15.0. The number of sulfonamides is 1. The molecule has 0 saturated carbocycles. The van der Waals surface area contributed by atoms with Crippen molar-refractivity contribution in [2.75, 3.05) is 26.3 Å².